The lowest BCUT2D eigenvalue weighted by atomic mass is 9.85. The van der Waals surface area contributed by atoms with Crippen molar-refractivity contribution >= 4 is 44.6 Å². The lowest BCUT2D eigenvalue weighted by Gasteiger charge is -2.36. The van der Waals surface area contributed by atoms with Crippen molar-refractivity contribution in [1.29, 1.82) is 0 Å². The molecule has 0 aromatic heterocycles. The molecule has 2 aromatic carbocycles. The van der Waals surface area contributed by atoms with Gasteiger partial charge in [-0.15, -0.1) is 6.58 Å². The van der Waals surface area contributed by atoms with Gasteiger partial charge in [0.05, 0.1) is 12.8 Å². The minimum Gasteiger partial charge on any atom is -0.488 e. The Kier molecular flexibility index (Phi) is 9.50. The molecule has 4 amide bonds. The lowest BCUT2D eigenvalue weighted by Crippen LogP contribution is -2.60. The second-order valence-electron chi connectivity index (χ2n) is 14.1. The molecule has 0 unspecified atom stereocenters. The van der Waals surface area contributed by atoms with Gasteiger partial charge in [-0.25, -0.2) is 13.2 Å². The van der Waals surface area contributed by atoms with Crippen LogP contribution in [0.4, 0.5) is 4.79 Å². The van der Waals surface area contributed by atoms with Gasteiger partial charge in [-0.05, 0) is 44.1 Å². The molecule has 46 heavy (non-hydrogen) atoms. The first-order valence-corrected chi connectivity index (χ1v) is 17.0. The molecular weight excluding hydrogens is 612 g/mol. The van der Waals surface area contributed by atoms with Gasteiger partial charge in [-0.1, -0.05) is 63.2 Å². The standard InChI is InChI=1S/C33H44N4O8S/c1-9-21-18-33(21,29(40)36-46(8,42)43)35-27(38)24-17-22(44-25-16-12-14-20-13-10-11-15-23(20)25)19-37(24)28(39)26(31(2,3)4)34-30(41)45-32(5,6)7/h9-16,21-22,24,26H,1,17-19H2,2-8H3,(H,34,41)(H,35,38)(H,36,40)/t21-,22+,24-,26+,33-/m0/s1. The summed E-state index contributed by atoms with van der Waals surface area (Å²) in [5.74, 6) is -2.01. The Bertz CT molecular complexity index is 1640. The molecule has 5 atom stereocenters. The zero-order chi connectivity index (χ0) is 34.2. The van der Waals surface area contributed by atoms with E-state index in [1.807, 2.05) is 47.2 Å². The lowest BCUT2D eigenvalue weighted by molar-refractivity contribution is -0.143. The van der Waals surface area contributed by atoms with Gasteiger partial charge in [0.1, 0.15) is 35.1 Å². The van der Waals surface area contributed by atoms with E-state index in [0.717, 1.165) is 17.0 Å². The molecule has 1 saturated carbocycles. The van der Waals surface area contributed by atoms with Gasteiger partial charge in [0.15, 0.2) is 0 Å². The van der Waals surface area contributed by atoms with Gasteiger partial charge < -0.3 is 25.0 Å². The Balaban J connectivity index is 1.66. The van der Waals surface area contributed by atoms with Gasteiger partial charge >= 0.3 is 6.09 Å². The average Bonchev–Trinajstić information content (AvgIpc) is 3.48. The zero-order valence-electron chi connectivity index (χ0n) is 27.4. The van der Waals surface area contributed by atoms with Crippen molar-refractivity contribution in [3.8, 4) is 5.75 Å². The fourth-order valence-electron chi connectivity index (χ4n) is 5.69. The Hall–Kier alpha value is -4.13. The molecule has 250 valence electrons. The van der Waals surface area contributed by atoms with E-state index in [0.29, 0.717) is 5.75 Å². The molecule has 4 rings (SSSR count). The van der Waals surface area contributed by atoms with Crippen LogP contribution in [-0.2, 0) is 29.1 Å². The van der Waals surface area contributed by atoms with Crippen molar-refractivity contribution in [2.45, 2.75) is 83.7 Å². The minimum atomic E-state index is -3.91. The van der Waals surface area contributed by atoms with Gasteiger partial charge in [-0.3, -0.25) is 19.1 Å². The summed E-state index contributed by atoms with van der Waals surface area (Å²) in [6.07, 6.45) is 1.14. The molecule has 2 aromatic rings. The van der Waals surface area contributed by atoms with Crippen molar-refractivity contribution in [3.63, 3.8) is 0 Å². The predicted octanol–water partition coefficient (Wildman–Crippen LogP) is 3.26. The van der Waals surface area contributed by atoms with Gasteiger partial charge in [-0.2, -0.15) is 0 Å². The molecule has 2 aliphatic rings. The fraction of sp³-hybridized carbons (Fsp3) is 0.515. The van der Waals surface area contributed by atoms with Crippen LogP contribution in [0.1, 0.15) is 54.4 Å². The number of hydrogen-bond acceptors (Lipinski definition) is 8. The summed E-state index contributed by atoms with van der Waals surface area (Å²) in [7, 11) is -3.91. The first-order chi connectivity index (χ1) is 21.2. The van der Waals surface area contributed by atoms with Crippen LogP contribution in [0.25, 0.3) is 10.8 Å². The third-order valence-electron chi connectivity index (χ3n) is 7.99. The van der Waals surface area contributed by atoms with Gasteiger partial charge in [0.2, 0.25) is 21.8 Å². The Morgan fingerprint density at radius 2 is 1.70 bits per heavy atom. The molecule has 13 heteroatoms. The highest BCUT2D eigenvalue weighted by molar-refractivity contribution is 7.89. The number of alkyl carbamates (subject to hydrolysis) is 1. The Morgan fingerprint density at radius 3 is 2.28 bits per heavy atom. The van der Waals surface area contributed by atoms with Crippen molar-refractivity contribution in [2.24, 2.45) is 11.3 Å². The predicted molar refractivity (Wildman–Crippen MR) is 173 cm³/mol. The average molecular weight is 657 g/mol. The molecule has 1 aliphatic heterocycles. The highest BCUT2D eigenvalue weighted by Gasteiger charge is 2.61. The first kappa shape index (κ1) is 34.7. The molecule has 0 radical (unpaired) electrons. The summed E-state index contributed by atoms with van der Waals surface area (Å²) in [6.45, 7) is 14.2. The molecule has 1 saturated heterocycles. The van der Waals surface area contributed by atoms with E-state index in [1.165, 1.54) is 11.0 Å². The number of carbonyl (C=O) groups is 4. The first-order valence-electron chi connectivity index (χ1n) is 15.2. The number of sulfonamides is 1. The third kappa shape index (κ3) is 7.98. The van der Waals surface area contributed by atoms with Crippen LogP contribution in [0.15, 0.2) is 55.1 Å². The highest BCUT2D eigenvalue weighted by Crippen LogP contribution is 2.45. The van der Waals surface area contributed by atoms with Crippen LogP contribution in [-0.4, -0.2) is 79.3 Å². The number of hydrogen-bond donors (Lipinski definition) is 3. The van der Waals surface area contributed by atoms with Crippen LogP contribution in [0.5, 0.6) is 5.75 Å². The highest BCUT2D eigenvalue weighted by atomic mass is 32.2. The minimum absolute atomic E-state index is 0.0101. The van der Waals surface area contributed by atoms with Crippen LogP contribution in [0, 0.1) is 11.3 Å². The number of amides is 4. The van der Waals surface area contributed by atoms with Gasteiger partial charge in [0.25, 0.3) is 5.91 Å². The summed E-state index contributed by atoms with van der Waals surface area (Å²) >= 11 is 0. The summed E-state index contributed by atoms with van der Waals surface area (Å²) in [4.78, 5) is 55.5. The van der Waals surface area contributed by atoms with Crippen molar-refractivity contribution in [2.75, 3.05) is 12.8 Å². The van der Waals surface area contributed by atoms with E-state index >= 15 is 0 Å². The largest absolute Gasteiger partial charge is 0.488 e. The summed E-state index contributed by atoms with van der Waals surface area (Å²) in [5.41, 5.74) is -3.14. The topological polar surface area (TPSA) is 160 Å². The smallest absolute Gasteiger partial charge is 0.408 e. The summed E-state index contributed by atoms with van der Waals surface area (Å²) in [5, 5.41) is 7.24. The normalized spacial score (nSPS) is 23.6. The SMILES string of the molecule is C=C[C@H]1C[C@@]1(NC(=O)[C@@H]1C[C@@H](Oc2cccc3ccccc23)CN1C(=O)[C@@H](NC(=O)OC(C)(C)C)C(C)(C)C)C(=O)NS(C)(=O)=O. The second-order valence-corrected chi connectivity index (χ2v) is 15.9. The number of fused-ring (bicyclic) bond motifs is 1. The van der Waals surface area contributed by atoms with Crippen LogP contribution in [0.3, 0.4) is 0 Å². The fourth-order valence-corrected chi connectivity index (χ4v) is 6.21. The van der Waals surface area contributed by atoms with Crippen molar-refractivity contribution in [3.05, 3.63) is 55.1 Å². The quantitative estimate of drug-likeness (QED) is 0.347. The number of carbonyl (C=O) groups excluding carboxylic acids is 4. The number of ether oxygens (including phenoxy) is 2. The molecule has 12 nitrogen and oxygen atoms in total. The van der Waals surface area contributed by atoms with Crippen molar-refractivity contribution < 1.29 is 37.1 Å². The number of benzene rings is 2. The molecule has 0 bridgehead atoms. The maximum atomic E-state index is 14.3. The molecule has 1 heterocycles. The van der Waals surface area contributed by atoms with E-state index in [2.05, 4.69) is 17.2 Å². The number of likely N-dealkylation sites (tertiary alicyclic amines) is 1. The van der Waals surface area contributed by atoms with E-state index < -0.39 is 74.5 Å². The monoisotopic (exact) mass is 656 g/mol. The second kappa shape index (κ2) is 12.6. The molecular formula is C33H44N4O8S. The number of rotatable bonds is 9. The molecule has 0 spiro atoms. The number of nitrogens with one attached hydrogen (secondary N) is 3. The van der Waals surface area contributed by atoms with E-state index in [9.17, 15) is 27.6 Å². The van der Waals surface area contributed by atoms with E-state index in [1.54, 1.807) is 41.5 Å². The number of nitrogens with zero attached hydrogens (tertiary/aromatic N) is 1. The molecule has 3 N–H and O–H groups in total. The Morgan fingerprint density at radius 1 is 1.04 bits per heavy atom. The van der Waals surface area contributed by atoms with Crippen LogP contribution in [0.2, 0.25) is 0 Å². The third-order valence-corrected chi connectivity index (χ3v) is 8.55. The molecule has 2 fully saturated rings. The van der Waals surface area contributed by atoms with E-state index in [-0.39, 0.29) is 19.4 Å². The van der Waals surface area contributed by atoms with Crippen LogP contribution >= 0.6 is 0 Å². The van der Waals surface area contributed by atoms with Gasteiger partial charge in [0, 0.05) is 17.7 Å². The molecule has 1 aliphatic carbocycles. The van der Waals surface area contributed by atoms with Crippen LogP contribution < -0.4 is 20.1 Å². The maximum absolute atomic E-state index is 14.3. The maximum Gasteiger partial charge on any atom is 0.408 e. The summed E-state index contributed by atoms with van der Waals surface area (Å²) < 4.78 is 37.5. The van der Waals surface area contributed by atoms with E-state index in [4.69, 9.17) is 9.47 Å². The Labute approximate surface area is 270 Å². The zero-order valence-corrected chi connectivity index (χ0v) is 28.2. The summed E-state index contributed by atoms with van der Waals surface area (Å²) in [6, 6.07) is 11.1. The van der Waals surface area contributed by atoms with Crippen molar-refractivity contribution in [1.82, 2.24) is 20.3 Å².